The number of carbonyl (C=O) groups is 1. The molecule has 0 unspecified atom stereocenters. The zero-order valence-electron chi connectivity index (χ0n) is 11.5. The Morgan fingerprint density at radius 2 is 2.25 bits per heavy atom. The van der Waals surface area contributed by atoms with E-state index >= 15 is 0 Å². The molecular formula is C13H21IN4O2. The van der Waals surface area contributed by atoms with Crippen molar-refractivity contribution in [1.29, 1.82) is 0 Å². The summed E-state index contributed by atoms with van der Waals surface area (Å²) in [5.74, 6) is 1.15. The van der Waals surface area contributed by atoms with E-state index in [1.807, 2.05) is 6.92 Å². The molecule has 0 aromatic carbocycles. The number of nitrogens with one attached hydrogen (secondary N) is 3. The molecule has 3 N–H and O–H groups in total. The zero-order chi connectivity index (χ0) is 13.9. The molecule has 6 nitrogen and oxygen atoms in total. The van der Waals surface area contributed by atoms with Crippen LogP contribution in [0.4, 0.5) is 0 Å². The average Bonchev–Trinajstić information content (AvgIpc) is 2.92. The van der Waals surface area contributed by atoms with Crippen LogP contribution >= 0.6 is 24.0 Å². The molecule has 112 valence electrons. The Labute approximate surface area is 136 Å². The fraction of sp³-hybridized carbons (Fsp3) is 0.385. The molecule has 0 atom stereocenters. The minimum atomic E-state index is -0.160. The van der Waals surface area contributed by atoms with Crippen LogP contribution in [0.5, 0.6) is 0 Å². The molecule has 0 aliphatic carbocycles. The van der Waals surface area contributed by atoms with Crippen molar-refractivity contribution in [3.63, 3.8) is 0 Å². The Balaban J connectivity index is 0.00000361. The van der Waals surface area contributed by atoms with Gasteiger partial charge in [0.05, 0.1) is 12.8 Å². The van der Waals surface area contributed by atoms with Gasteiger partial charge in [-0.1, -0.05) is 6.08 Å². The van der Waals surface area contributed by atoms with Crippen LogP contribution in [-0.4, -0.2) is 31.5 Å². The third kappa shape index (κ3) is 7.82. The lowest BCUT2D eigenvalue weighted by molar-refractivity contribution is -0.119. The molecule has 1 aromatic rings. The molecule has 0 fully saturated rings. The molecule has 0 saturated carbocycles. The van der Waals surface area contributed by atoms with E-state index in [-0.39, 0.29) is 36.4 Å². The molecule has 0 aliphatic rings. The first-order chi connectivity index (χ1) is 9.26. The standard InChI is InChI=1S/C13H20N4O2.HI/c1-3-7-15-13(14-4-2)17-10-12(18)16-9-11-6-5-8-19-11;/h3,5-6,8H,1,4,7,9-10H2,2H3,(H,16,18)(H2,14,15,17);1H. The van der Waals surface area contributed by atoms with E-state index < -0.39 is 0 Å². The van der Waals surface area contributed by atoms with Crippen molar-refractivity contribution in [3.8, 4) is 0 Å². The van der Waals surface area contributed by atoms with Crippen LogP contribution in [0.15, 0.2) is 40.5 Å². The van der Waals surface area contributed by atoms with Crippen molar-refractivity contribution >= 4 is 35.8 Å². The van der Waals surface area contributed by atoms with Crippen molar-refractivity contribution in [2.45, 2.75) is 13.5 Å². The van der Waals surface area contributed by atoms with E-state index in [9.17, 15) is 4.79 Å². The highest BCUT2D eigenvalue weighted by molar-refractivity contribution is 14.0. The van der Waals surface area contributed by atoms with Gasteiger partial charge >= 0.3 is 0 Å². The average molecular weight is 392 g/mol. The predicted octanol–water partition coefficient (Wildman–Crippen LogP) is 1.25. The Morgan fingerprint density at radius 3 is 2.85 bits per heavy atom. The highest BCUT2D eigenvalue weighted by atomic mass is 127. The SMILES string of the molecule is C=CCNC(=NCC(=O)NCc1ccco1)NCC.I. The second-order valence-corrected chi connectivity index (χ2v) is 3.72. The summed E-state index contributed by atoms with van der Waals surface area (Å²) in [5, 5.41) is 8.78. The Hall–Kier alpha value is -1.51. The second-order valence-electron chi connectivity index (χ2n) is 3.72. The van der Waals surface area contributed by atoms with Gasteiger partial charge in [-0.25, -0.2) is 4.99 Å². The molecule has 0 saturated heterocycles. The van der Waals surface area contributed by atoms with Gasteiger partial charge in [-0.2, -0.15) is 0 Å². The van der Waals surface area contributed by atoms with E-state index in [0.717, 1.165) is 6.54 Å². The summed E-state index contributed by atoms with van der Waals surface area (Å²) < 4.78 is 5.11. The normalized spacial score (nSPS) is 10.3. The first kappa shape index (κ1) is 18.5. The summed E-state index contributed by atoms with van der Waals surface area (Å²) in [6, 6.07) is 3.58. The molecule has 1 heterocycles. The minimum absolute atomic E-state index is 0. The van der Waals surface area contributed by atoms with Gasteiger partial charge in [-0.3, -0.25) is 4.79 Å². The van der Waals surface area contributed by atoms with E-state index in [1.165, 1.54) is 0 Å². The van der Waals surface area contributed by atoms with E-state index in [1.54, 1.807) is 24.5 Å². The molecular weight excluding hydrogens is 371 g/mol. The molecule has 1 aromatic heterocycles. The van der Waals surface area contributed by atoms with Crippen molar-refractivity contribution in [2.24, 2.45) is 4.99 Å². The number of halogens is 1. The smallest absolute Gasteiger partial charge is 0.242 e. The van der Waals surface area contributed by atoms with Gasteiger partial charge in [-0.05, 0) is 19.1 Å². The number of carbonyl (C=O) groups excluding carboxylic acids is 1. The monoisotopic (exact) mass is 392 g/mol. The molecule has 1 rings (SSSR count). The predicted molar refractivity (Wildman–Crippen MR) is 90.1 cm³/mol. The summed E-state index contributed by atoms with van der Waals surface area (Å²) in [6.45, 7) is 7.34. The maximum absolute atomic E-state index is 11.6. The van der Waals surface area contributed by atoms with Crippen molar-refractivity contribution < 1.29 is 9.21 Å². The fourth-order valence-electron chi connectivity index (χ4n) is 1.32. The number of amides is 1. The number of aliphatic imine (C=N–C) groups is 1. The van der Waals surface area contributed by atoms with Crippen molar-refractivity contribution in [3.05, 3.63) is 36.8 Å². The van der Waals surface area contributed by atoms with Crippen LogP contribution in [0.2, 0.25) is 0 Å². The van der Waals surface area contributed by atoms with Gasteiger partial charge in [-0.15, -0.1) is 30.6 Å². The van der Waals surface area contributed by atoms with E-state index in [2.05, 4.69) is 27.5 Å². The number of nitrogens with zero attached hydrogens (tertiary/aromatic N) is 1. The quantitative estimate of drug-likeness (QED) is 0.283. The summed E-state index contributed by atoms with van der Waals surface area (Å²) in [7, 11) is 0. The van der Waals surface area contributed by atoms with Gasteiger partial charge in [0, 0.05) is 13.1 Å². The van der Waals surface area contributed by atoms with Crippen molar-refractivity contribution in [2.75, 3.05) is 19.6 Å². The molecule has 20 heavy (non-hydrogen) atoms. The van der Waals surface area contributed by atoms with E-state index in [0.29, 0.717) is 24.8 Å². The summed E-state index contributed by atoms with van der Waals surface area (Å²) in [5.41, 5.74) is 0. The maximum Gasteiger partial charge on any atom is 0.242 e. The topological polar surface area (TPSA) is 78.7 Å². The number of hydrogen-bond donors (Lipinski definition) is 3. The zero-order valence-corrected chi connectivity index (χ0v) is 13.8. The third-order valence-electron chi connectivity index (χ3n) is 2.18. The lowest BCUT2D eigenvalue weighted by atomic mass is 10.4. The maximum atomic E-state index is 11.6. The molecule has 0 bridgehead atoms. The number of furan rings is 1. The fourth-order valence-corrected chi connectivity index (χ4v) is 1.32. The second kappa shape index (κ2) is 11.3. The van der Waals surface area contributed by atoms with E-state index in [4.69, 9.17) is 4.42 Å². The van der Waals surface area contributed by atoms with Crippen LogP contribution in [-0.2, 0) is 11.3 Å². The molecule has 0 aliphatic heterocycles. The van der Waals surface area contributed by atoms with Crippen LogP contribution in [0.1, 0.15) is 12.7 Å². The summed E-state index contributed by atoms with van der Waals surface area (Å²) in [6.07, 6.45) is 3.30. The van der Waals surface area contributed by atoms with Crippen LogP contribution in [0, 0.1) is 0 Å². The Morgan fingerprint density at radius 1 is 1.45 bits per heavy atom. The molecule has 7 heteroatoms. The lowest BCUT2D eigenvalue weighted by Gasteiger charge is -2.09. The van der Waals surface area contributed by atoms with Crippen LogP contribution in [0.3, 0.4) is 0 Å². The Kier molecular flexibility index (Phi) is 10.5. The highest BCUT2D eigenvalue weighted by Crippen LogP contribution is 1.98. The lowest BCUT2D eigenvalue weighted by Crippen LogP contribution is -2.38. The van der Waals surface area contributed by atoms with Crippen LogP contribution < -0.4 is 16.0 Å². The largest absolute Gasteiger partial charge is 0.467 e. The number of hydrogen-bond acceptors (Lipinski definition) is 3. The van der Waals surface area contributed by atoms with Gasteiger partial charge in [0.15, 0.2) is 5.96 Å². The third-order valence-corrected chi connectivity index (χ3v) is 2.18. The molecule has 0 spiro atoms. The van der Waals surface area contributed by atoms with Gasteiger partial charge in [0.2, 0.25) is 5.91 Å². The Bertz CT molecular complexity index is 418. The first-order valence-corrected chi connectivity index (χ1v) is 6.18. The minimum Gasteiger partial charge on any atom is -0.467 e. The van der Waals surface area contributed by atoms with Gasteiger partial charge in [0.25, 0.3) is 0 Å². The number of rotatable bonds is 7. The molecule has 0 radical (unpaired) electrons. The first-order valence-electron chi connectivity index (χ1n) is 6.18. The van der Waals surface area contributed by atoms with Crippen molar-refractivity contribution in [1.82, 2.24) is 16.0 Å². The highest BCUT2D eigenvalue weighted by Gasteiger charge is 2.02. The van der Waals surface area contributed by atoms with Gasteiger partial charge in [0.1, 0.15) is 12.3 Å². The van der Waals surface area contributed by atoms with Gasteiger partial charge < -0.3 is 20.4 Å². The van der Waals surface area contributed by atoms with Crippen LogP contribution in [0.25, 0.3) is 0 Å². The summed E-state index contributed by atoms with van der Waals surface area (Å²) >= 11 is 0. The number of guanidine groups is 1. The summed E-state index contributed by atoms with van der Waals surface area (Å²) in [4.78, 5) is 15.7. The molecule has 1 amide bonds.